The molecule has 1 aromatic carbocycles. The van der Waals surface area contributed by atoms with E-state index in [-0.39, 0.29) is 17.7 Å². The number of pyridine rings is 1. The Labute approximate surface area is 175 Å². The summed E-state index contributed by atoms with van der Waals surface area (Å²) in [6.45, 7) is 4.86. The van der Waals surface area contributed by atoms with Gasteiger partial charge in [0.15, 0.2) is 0 Å². The van der Waals surface area contributed by atoms with Crippen molar-refractivity contribution < 1.29 is 9.59 Å². The number of hydrogen-bond donors (Lipinski definition) is 1. The van der Waals surface area contributed by atoms with E-state index in [9.17, 15) is 9.59 Å². The van der Waals surface area contributed by atoms with Gasteiger partial charge in [-0.15, -0.1) is 0 Å². The van der Waals surface area contributed by atoms with E-state index >= 15 is 0 Å². The number of carbonyl (C=O) groups excluding carboxylic acids is 2. The number of hydrogen-bond acceptors (Lipinski definition) is 3. The van der Waals surface area contributed by atoms with Crippen molar-refractivity contribution in [3.05, 3.63) is 58.2 Å². The molecular formula is C21H23Cl2N3O2. The van der Waals surface area contributed by atoms with Gasteiger partial charge < -0.3 is 10.2 Å². The van der Waals surface area contributed by atoms with Crippen LogP contribution in [0.3, 0.4) is 0 Å². The van der Waals surface area contributed by atoms with Crippen molar-refractivity contribution in [3.63, 3.8) is 0 Å². The van der Waals surface area contributed by atoms with Crippen molar-refractivity contribution >= 4 is 40.8 Å². The summed E-state index contributed by atoms with van der Waals surface area (Å²) < 4.78 is 0. The van der Waals surface area contributed by atoms with Crippen LogP contribution in [-0.4, -0.2) is 34.8 Å². The van der Waals surface area contributed by atoms with Crippen molar-refractivity contribution in [2.75, 3.05) is 18.4 Å². The molecule has 1 aliphatic rings. The fraction of sp³-hybridized carbons (Fsp3) is 0.381. The summed E-state index contributed by atoms with van der Waals surface area (Å²) in [6, 6.07) is 10.7. The first-order valence-electron chi connectivity index (χ1n) is 9.25. The number of nitrogens with one attached hydrogen (secondary N) is 1. The van der Waals surface area contributed by atoms with Crippen LogP contribution in [0.4, 0.5) is 5.82 Å². The fourth-order valence-corrected chi connectivity index (χ4v) is 3.68. The normalized spacial score (nSPS) is 17.3. The van der Waals surface area contributed by atoms with Gasteiger partial charge in [-0.2, -0.15) is 0 Å². The molecule has 0 radical (unpaired) electrons. The first kappa shape index (κ1) is 20.6. The molecule has 1 fully saturated rings. The van der Waals surface area contributed by atoms with Crippen molar-refractivity contribution in [3.8, 4) is 0 Å². The Kier molecular flexibility index (Phi) is 6.26. The second-order valence-electron chi connectivity index (χ2n) is 7.57. The van der Waals surface area contributed by atoms with Gasteiger partial charge in [0.05, 0.1) is 16.4 Å². The van der Waals surface area contributed by atoms with Crippen LogP contribution in [0.2, 0.25) is 10.0 Å². The van der Waals surface area contributed by atoms with Gasteiger partial charge in [-0.1, -0.05) is 35.3 Å². The monoisotopic (exact) mass is 419 g/mol. The summed E-state index contributed by atoms with van der Waals surface area (Å²) in [6.07, 6.45) is 3.02. The zero-order valence-electron chi connectivity index (χ0n) is 15.9. The standard InChI is InChI=1S/C21H23Cl2N3O2/c1-21(2,15-5-7-16(22)8-6-15)20(28)26-11-3-4-14(13-26)19(27)25-18-10-9-17(23)12-24-18/h5-10,12,14H,3-4,11,13H2,1-2H3,(H,24,25,27). The van der Waals surface area contributed by atoms with Crippen LogP contribution < -0.4 is 5.32 Å². The summed E-state index contributed by atoms with van der Waals surface area (Å²) in [5.41, 5.74) is 0.208. The predicted octanol–water partition coefficient (Wildman–Crippen LogP) is 4.54. The number of piperidine rings is 1. The van der Waals surface area contributed by atoms with Crippen LogP contribution in [0.5, 0.6) is 0 Å². The molecule has 2 amide bonds. The molecule has 7 heteroatoms. The molecule has 0 saturated carbocycles. The molecule has 0 spiro atoms. The zero-order valence-corrected chi connectivity index (χ0v) is 17.4. The second kappa shape index (κ2) is 8.50. The van der Waals surface area contributed by atoms with Gasteiger partial charge in [0.2, 0.25) is 11.8 Å². The van der Waals surface area contributed by atoms with E-state index < -0.39 is 5.41 Å². The third kappa shape index (κ3) is 4.65. The number of benzene rings is 1. The number of likely N-dealkylation sites (tertiary alicyclic amines) is 1. The first-order chi connectivity index (χ1) is 13.3. The van der Waals surface area contributed by atoms with Crippen LogP contribution in [-0.2, 0) is 15.0 Å². The molecule has 1 aromatic heterocycles. The highest BCUT2D eigenvalue weighted by atomic mass is 35.5. The van der Waals surface area contributed by atoms with Crippen LogP contribution in [0, 0.1) is 5.92 Å². The average Bonchev–Trinajstić information content (AvgIpc) is 2.69. The highest BCUT2D eigenvalue weighted by Crippen LogP contribution is 2.29. The van der Waals surface area contributed by atoms with Gasteiger partial charge in [-0.05, 0) is 56.5 Å². The van der Waals surface area contributed by atoms with Crippen LogP contribution >= 0.6 is 23.2 Å². The fourth-order valence-electron chi connectivity index (χ4n) is 3.44. The quantitative estimate of drug-likeness (QED) is 0.790. The number of aromatic nitrogens is 1. The summed E-state index contributed by atoms with van der Waals surface area (Å²) in [5, 5.41) is 3.96. The maximum absolute atomic E-state index is 13.2. The third-order valence-electron chi connectivity index (χ3n) is 5.16. The molecule has 3 rings (SSSR count). The minimum absolute atomic E-state index is 0.0111. The van der Waals surface area contributed by atoms with Gasteiger partial charge in [0.1, 0.15) is 5.82 Å². The molecular weight excluding hydrogens is 397 g/mol. The number of nitrogens with zero attached hydrogens (tertiary/aromatic N) is 2. The van der Waals surface area contributed by atoms with Crippen molar-refractivity contribution in [1.82, 2.24) is 9.88 Å². The number of amides is 2. The van der Waals surface area contributed by atoms with E-state index in [0.717, 1.165) is 18.4 Å². The molecule has 2 heterocycles. The summed E-state index contributed by atoms with van der Waals surface area (Å²) >= 11 is 11.8. The molecule has 1 unspecified atom stereocenters. The minimum Gasteiger partial charge on any atom is -0.341 e. The zero-order chi connectivity index (χ0) is 20.3. The topological polar surface area (TPSA) is 62.3 Å². The molecule has 28 heavy (non-hydrogen) atoms. The van der Waals surface area contributed by atoms with E-state index in [1.165, 1.54) is 6.20 Å². The molecule has 1 saturated heterocycles. The van der Waals surface area contributed by atoms with Crippen molar-refractivity contribution in [2.24, 2.45) is 5.92 Å². The Hall–Kier alpha value is -2.11. The average molecular weight is 420 g/mol. The van der Waals surface area contributed by atoms with Gasteiger partial charge in [0.25, 0.3) is 0 Å². The lowest BCUT2D eigenvalue weighted by Gasteiger charge is -2.37. The highest BCUT2D eigenvalue weighted by molar-refractivity contribution is 6.30. The molecule has 2 aromatic rings. The molecule has 0 aliphatic carbocycles. The third-order valence-corrected chi connectivity index (χ3v) is 5.63. The predicted molar refractivity (Wildman–Crippen MR) is 112 cm³/mol. The van der Waals surface area contributed by atoms with Gasteiger partial charge >= 0.3 is 0 Å². The largest absolute Gasteiger partial charge is 0.341 e. The van der Waals surface area contributed by atoms with E-state index in [4.69, 9.17) is 23.2 Å². The lowest BCUT2D eigenvalue weighted by Crippen LogP contribution is -2.49. The molecule has 1 aliphatic heterocycles. The van der Waals surface area contributed by atoms with E-state index in [1.54, 1.807) is 29.2 Å². The maximum Gasteiger partial charge on any atom is 0.232 e. The van der Waals surface area contributed by atoms with Crippen molar-refractivity contribution in [1.29, 1.82) is 0 Å². The van der Waals surface area contributed by atoms with E-state index in [2.05, 4.69) is 10.3 Å². The number of carbonyl (C=O) groups is 2. The Bertz CT molecular complexity index is 851. The molecule has 5 nitrogen and oxygen atoms in total. The highest BCUT2D eigenvalue weighted by Gasteiger charge is 2.37. The second-order valence-corrected chi connectivity index (χ2v) is 8.45. The summed E-state index contributed by atoms with van der Waals surface area (Å²) in [5.74, 6) is 0.0732. The number of anilines is 1. The lowest BCUT2D eigenvalue weighted by atomic mass is 9.82. The van der Waals surface area contributed by atoms with Crippen LogP contribution in [0.25, 0.3) is 0 Å². The molecule has 1 atom stereocenters. The van der Waals surface area contributed by atoms with Gasteiger partial charge in [-0.3, -0.25) is 9.59 Å². The summed E-state index contributed by atoms with van der Waals surface area (Å²) in [7, 11) is 0. The first-order valence-corrected chi connectivity index (χ1v) is 10.0. The SMILES string of the molecule is CC(C)(C(=O)N1CCCC(C(=O)Nc2ccc(Cl)cn2)C1)c1ccc(Cl)cc1. The molecule has 0 bridgehead atoms. The summed E-state index contributed by atoms with van der Waals surface area (Å²) in [4.78, 5) is 31.7. The van der Waals surface area contributed by atoms with Crippen molar-refractivity contribution in [2.45, 2.75) is 32.1 Å². The van der Waals surface area contributed by atoms with Gasteiger partial charge in [-0.25, -0.2) is 4.98 Å². The lowest BCUT2D eigenvalue weighted by molar-refractivity contribution is -0.139. The van der Waals surface area contributed by atoms with E-state index in [1.807, 2.05) is 26.0 Å². The number of rotatable bonds is 4. The van der Waals surface area contributed by atoms with Crippen LogP contribution in [0.1, 0.15) is 32.3 Å². The maximum atomic E-state index is 13.2. The van der Waals surface area contributed by atoms with E-state index in [0.29, 0.717) is 29.0 Å². The van der Waals surface area contributed by atoms with Gasteiger partial charge in [0, 0.05) is 24.3 Å². The number of halogens is 2. The Morgan fingerprint density at radius 2 is 1.79 bits per heavy atom. The molecule has 148 valence electrons. The Morgan fingerprint density at radius 1 is 1.11 bits per heavy atom. The Morgan fingerprint density at radius 3 is 2.43 bits per heavy atom. The molecule has 1 N–H and O–H groups in total. The van der Waals surface area contributed by atoms with Crippen LogP contribution in [0.15, 0.2) is 42.6 Å². The Balaban J connectivity index is 1.68. The minimum atomic E-state index is -0.694. The smallest absolute Gasteiger partial charge is 0.232 e.